The second-order valence-corrected chi connectivity index (χ2v) is 6.56. The van der Waals surface area contributed by atoms with Crippen molar-refractivity contribution in [2.45, 2.75) is 31.2 Å². The average molecular weight is 345 g/mol. The number of amides is 1. The zero-order valence-electron chi connectivity index (χ0n) is 13.7. The second-order valence-electron chi connectivity index (χ2n) is 6.15. The normalized spacial score (nSPS) is 17.9. The number of benzene rings is 1. The molecule has 4 nitrogen and oxygen atoms in total. The summed E-state index contributed by atoms with van der Waals surface area (Å²) in [6, 6.07) is 11.3. The predicted molar refractivity (Wildman–Crippen MR) is 94.0 cm³/mol. The Kier molecular flexibility index (Phi) is 5.17. The Morgan fingerprint density at radius 3 is 2.54 bits per heavy atom. The van der Waals surface area contributed by atoms with Gasteiger partial charge >= 0.3 is 0 Å². The number of pyridine rings is 1. The summed E-state index contributed by atoms with van der Waals surface area (Å²) in [6.45, 7) is 3.09. The summed E-state index contributed by atoms with van der Waals surface area (Å²) in [5.41, 5.74) is 1.27. The summed E-state index contributed by atoms with van der Waals surface area (Å²) >= 11 is 6.42. The lowest BCUT2D eigenvalue weighted by Gasteiger charge is -2.37. The third kappa shape index (κ3) is 3.30. The van der Waals surface area contributed by atoms with Crippen LogP contribution in [0.4, 0.5) is 0 Å². The van der Waals surface area contributed by atoms with Crippen molar-refractivity contribution in [1.29, 1.82) is 0 Å². The summed E-state index contributed by atoms with van der Waals surface area (Å²) in [5.74, 6) is 0.00297. The first-order valence-corrected chi connectivity index (χ1v) is 8.55. The maximum Gasteiger partial charge on any atom is 0.231 e. The van der Waals surface area contributed by atoms with Gasteiger partial charge in [0, 0.05) is 30.6 Å². The maximum absolute atomic E-state index is 13.2. The van der Waals surface area contributed by atoms with Crippen molar-refractivity contribution in [3.05, 3.63) is 64.9 Å². The first kappa shape index (κ1) is 16.9. The maximum atomic E-state index is 13.2. The van der Waals surface area contributed by atoms with Crippen molar-refractivity contribution in [1.82, 2.24) is 10.3 Å². The molecule has 5 heteroatoms. The van der Waals surface area contributed by atoms with Crippen LogP contribution in [0.25, 0.3) is 0 Å². The highest BCUT2D eigenvalue weighted by Gasteiger charge is 2.43. The highest BCUT2D eigenvalue weighted by atomic mass is 35.5. The molecule has 0 aliphatic carbocycles. The monoisotopic (exact) mass is 344 g/mol. The van der Waals surface area contributed by atoms with E-state index in [4.69, 9.17) is 16.3 Å². The molecular weight excluding hydrogens is 324 g/mol. The molecule has 0 unspecified atom stereocenters. The van der Waals surface area contributed by atoms with E-state index in [1.807, 2.05) is 43.3 Å². The molecular formula is C19H21ClN2O2. The molecule has 1 atom stereocenters. The van der Waals surface area contributed by atoms with Crippen LogP contribution >= 0.6 is 11.6 Å². The van der Waals surface area contributed by atoms with Gasteiger partial charge in [0.2, 0.25) is 5.91 Å². The number of carbonyl (C=O) groups excluding carboxylic acids is 1. The fraction of sp³-hybridized carbons (Fsp3) is 0.368. The average Bonchev–Trinajstić information content (AvgIpc) is 2.63. The third-order valence-corrected chi connectivity index (χ3v) is 5.05. The molecule has 1 aromatic carbocycles. The molecule has 2 aromatic rings. The molecule has 1 aliphatic rings. The molecule has 1 amide bonds. The molecule has 0 radical (unpaired) electrons. The highest BCUT2D eigenvalue weighted by molar-refractivity contribution is 6.31. The molecule has 1 aliphatic heterocycles. The molecule has 126 valence electrons. The van der Waals surface area contributed by atoms with Crippen LogP contribution in [0.15, 0.2) is 48.8 Å². The number of hydrogen-bond acceptors (Lipinski definition) is 3. The molecule has 0 spiro atoms. The van der Waals surface area contributed by atoms with E-state index in [2.05, 4.69) is 10.3 Å². The van der Waals surface area contributed by atoms with Gasteiger partial charge in [-0.3, -0.25) is 9.78 Å². The number of rotatable bonds is 4. The number of aromatic nitrogens is 1. The van der Waals surface area contributed by atoms with E-state index in [0.29, 0.717) is 31.1 Å². The van der Waals surface area contributed by atoms with Crippen molar-refractivity contribution < 1.29 is 9.53 Å². The minimum atomic E-state index is -0.641. The zero-order chi connectivity index (χ0) is 17.0. The van der Waals surface area contributed by atoms with Crippen molar-refractivity contribution in [2.24, 2.45) is 0 Å². The van der Waals surface area contributed by atoms with Gasteiger partial charge in [-0.1, -0.05) is 29.8 Å². The van der Waals surface area contributed by atoms with Crippen LogP contribution in [0.5, 0.6) is 0 Å². The van der Waals surface area contributed by atoms with Gasteiger partial charge in [-0.2, -0.15) is 0 Å². The minimum Gasteiger partial charge on any atom is -0.381 e. The fourth-order valence-electron chi connectivity index (χ4n) is 3.26. The van der Waals surface area contributed by atoms with Crippen molar-refractivity contribution in [3.8, 4) is 0 Å². The summed E-state index contributed by atoms with van der Waals surface area (Å²) in [4.78, 5) is 17.2. The van der Waals surface area contributed by atoms with Crippen LogP contribution in [0.2, 0.25) is 5.02 Å². The first-order valence-electron chi connectivity index (χ1n) is 8.17. The van der Waals surface area contributed by atoms with Gasteiger partial charge in [0.25, 0.3) is 0 Å². The van der Waals surface area contributed by atoms with Crippen LogP contribution < -0.4 is 5.32 Å². The quantitative estimate of drug-likeness (QED) is 0.920. The molecule has 1 N–H and O–H groups in total. The smallest absolute Gasteiger partial charge is 0.231 e. The number of carbonyl (C=O) groups is 1. The van der Waals surface area contributed by atoms with E-state index in [9.17, 15) is 4.79 Å². The minimum absolute atomic E-state index is 0.00297. The second kappa shape index (κ2) is 7.32. The van der Waals surface area contributed by atoms with E-state index in [0.717, 1.165) is 11.1 Å². The van der Waals surface area contributed by atoms with Crippen LogP contribution in [-0.4, -0.2) is 24.1 Å². The lowest BCUT2D eigenvalue weighted by Crippen LogP contribution is -2.48. The van der Waals surface area contributed by atoms with Crippen molar-refractivity contribution >= 4 is 17.5 Å². The van der Waals surface area contributed by atoms with E-state index >= 15 is 0 Å². The number of hydrogen-bond donors (Lipinski definition) is 1. The van der Waals surface area contributed by atoms with Crippen LogP contribution in [0.3, 0.4) is 0 Å². The number of ether oxygens (including phenoxy) is 1. The molecule has 24 heavy (non-hydrogen) atoms. The molecule has 1 fully saturated rings. The standard InChI is InChI=1S/C19H21ClN2O2/c1-14(15-6-10-21-11-7-15)22-18(23)19(8-12-24-13-9-19)16-4-2-3-5-17(16)20/h2-7,10-11,14H,8-9,12-13H2,1H3,(H,22,23)/t14-/m0/s1. The molecule has 3 rings (SSSR count). The van der Waals surface area contributed by atoms with Crippen molar-refractivity contribution in [3.63, 3.8) is 0 Å². The van der Waals surface area contributed by atoms with E-state index in [1.54, 1.807) is 12.4 Å². The Bertz CT molecular complexity index is 700. The van der Waals surface area contributed by atoms with Gasteiger partial charge in [-0.05, 0) is 49.1 Å². The Morgan fingerprint density at radius 1 is 1.21 bits per heavy atom. The van der Waals surface area contributed by atoms with E-state index in [1.165, 1.54) is 0 Å². The molecule has 0 bridgehead atoms. The zero-order valence-corrected chi connectivity index (χ0v) is 14.4. The highest BCUT2D eigenvalue weighted by Crippen LogP contribution is 2.39. The molecule has 2 heterocycles. The summed E-state index contributed by atoms with van der Waals surface area (Å²) in [5, 5.41) is 3.78. The number of halogens is 1. The number of nitrogens with zero attached hydrogens (tertiary/aromatic N) is 1. The van der Waals surface area contributed by atoms with Crippen molar-refractivity contribution in [2.75, 3.05) is 13.2 Å². The lowest BCUT2D eigenvalue weighted by atomic mass is 9.73. The Hall–Kier alpha value is -1.91. The Morgan fingerprint density at radius 2 is 1.88 bits per heavy atom. The third-order valence-electron chi connectivity index (χ3n) is 4.72. The summed E-state index contributed by atoms with van der Waals surface area (Å²) in [7, 11) is 0. The Balaban J connectivity index is 1.89. The predicted octanol–water partition coefficient (Wildman–Crippen LogP) is 3.66. The van der Waals surface area contributed by atoms with Gasteiger partial charge in [-0.25, -0.2) is 0 Å². The summed E-state index contributed by atoms with van der Waals surface area (Å²) < 4.78 is 5.49. The van der Waals surface area contributed by atoms with E-state index in [-0.39, 0.29) is 11.9 Å². The summed E-state index contributed by atoms with van der Waals surface area (Å²) in [6.07, 6.45) is 4.73. The molecule has 1 aromatic heterocycles. The Labute approximate surface area is 147 Å². The van der Waals surface area contributed by atoms with Gasteiger partial charge in [-0.15, -0.1) is 0 Å². The van der Waals surface area contributed by atoms with Crippen LogP contribution in [0, 0.1) is 0 Å². The van der Waals surface area contributed by atoms with Gasteiger partial charge in [0.05, 0.1) is 11.5 Å². The van der Waals surface area contributed by atoms with Gasteiger partial charge in [0.1, 0.15) is 0 Å². The van der Waals surface area contributed by atoms with Crippen LogP contribution in [0.1, 0.15) is 36.9 Å². The largest absolute Gasteiger partial charge is 0.381 e. The van der Waals surface area contributed by atoms with E-state index < -0.39 is 5.41 Å². The SMILES string of the molecule is C[C@H](NC(=O)C1(c2ccccc2Cl)CCOCC1)c1ccncc1. The van der Waals surface area contributed by atoms with Gasteiger partial charge in [0.15, 0.2) is 0 Å². The van der Waals surface area contributed by atoms with Crippen LogP contribution in [-0.2, 0) is 14.9 Å². The first-order chi connectivity index (χ1) is 11.6. The fourth-order valence-corrected chi connectivity index (χ4v) is 3.57. The lowest BCUT2D eigenvalue weighted by molar-refractivity contribution is -0.131. The number of nitrogens with one attached hydrogen (secondary N) is 1. The topological polar surface area (TPSA) is 51.2 Å². The molecule has 0 saturated carbocycles. The molecule has 1 saturated heterocycles. The van der Waals surface area contributed by atoms with Gasteiger partial charge < -0.3 is 10.1 Å².